The maximum absolute atomic E-state index is 11.2. The summed E-state index contributed by atoms with van der Waals surface area (Å²) in [6, 6.07) is 8.20. The lowest BCUT2D eigenvalue weighted by molar-refractivity contribution is -0.134. The zero-order valence-corrected chi connectivity index (χ0v) is 13.0. The van der Waals surface area contributed by atoms with Gasteiger partial charge < -0.3 is 4.74 Å². The summed E-state index contributed by atoms with van der Waals surface area (Å²) in [7, 11) is 1.34. The van der Waals surface area contributed by atoms with Gasteiger partial charge in [0.2, 0.25) is 0 Å². The van der Waals surface area contributed by atoms with E-state index in [4.69, 9.17) is 11.6 Å². The number of halogens is 1. The van der Waals surface area contributed by atoms with Crippen molar-refractivity contribution in [2.45, 2.75) is 20.4 Å². The molecule has 0 spiro atoms. The molecule has 1 heterocycles. The standard InChI is InChI=1S/C16H17ClN2O2/c1-11-4-6-13(7-5-11)10-19-16(17)14(12(2)18-19)8-9-15(20)21-3/h4-9H,10H2,1-3H3/b9-8+. The van der Waals surface area contributed by atoms with Gasteiger partial charge in [0, 0.05) is 11.6 Å². The van der Waals surface area contributed by atoms with E-state index in [1.165, 1.54) is 18.7 Å². The van der Waals surface area contributed by atoms with Gasteiger partial charge >= 0.3 is 5.97 Å². The van der Waals surface area contributed by atoms with Gasteiger partial charge in [-0.3, -0.25) is 0 Å². The zero-order valence-electron chi connectivity index (χ0n) is 12.3. The van der Waals surface area contributed by atoms with Crippen molar-refractivity contribution < 1.29 is 9.53 Å². The number of benzene rings is 1. The minimum atomic E-state index is -0.420. The number of hydrogen-bond acceptors (Lipinski definition) is 3. The minimum absolute atomic E-state index is 0.420. The van der Waals surface area contributed by atoms with E-state index in [0.29, 0.717) is 11.7 Å². The van der Waals surface area contributed by atoms with Crippen LogP contribution in [0, 0.1) is 13.8 Å². The highest BCUT2D eigenvalue weighted by atomic mass is 35.5. The normalized spacial score (nSPS) is 11.0. The molecule has 0 amide bonds. The van der Waals surface area contributed by atoms with Gasteiger partial charge in [0.05, 0.1) is 19.3 Å². The van der Waals surface area contributed by atoms with Crippen LogP contribution in [0.15, 0.2) is 30.3 Å². The van der Waals surface area contributed by atoms with E-state index in [2.05, 4.69) is 22.0 Å². The first-order valence-corrected chi connectivity index (χ1v) is 6.93. The van der Waals surface area contributed by atoms with Gasteiger partial charge in [0.25, 0.3) is 0 Å². The van der Waals surface area contributed by atoms with Crippen LogP contribution in [-0.2, 0) is 16.1 Å². The van der Waals surface area contributed by atoms with Crippen molar-refractivity contribution in [1.29, 1.82) is 0 Å². The fourth-order valence-corrected chi connectivity index (χ4v) is 2.24. The third-order valence-electron chi connectivity index (χ3n) is 3.15. The summed E-state index contributed by atoms with van der Waals surface area (Å²) in [6.45, 7) is 4.49. The first-order valence-electron chi connectivity index (χ1n) is 6.55. The number of nitrogens with zero attached hydrogens (tertiary/aromatic N) is 2. The molecule has 0 aliphatic heterocycles. The Bertz CT molecular complexity index is 672. The van der Waals surface area contributed by atoms with Crippen molar-refractivity contribution in [3.8, 4) is 0 Å². The van der Waals surface area contributed by atoms with Crippen LogP contribution < -0.4 is 0 Å². The number of carbonyl (C=O) groups excluding carboxylic acids is 1. The molecular weight excluding hydrogens is 288 g/mol. The zero-order chi connectivity index (χ0) is 15.4. The molecule has 5 heteroatoms. The molecule has 21 heavy (non-hydrogen) atoms. The van der Waals surface area contributed by atoms with Crippen LogP contribution in [0.3, 0.4) is 0 Å². The van der Waals surface area contributed by atoms with Crippen LogP contribution in [-0.4, -0.2) is 22.9 Å². The third kappa shape index (κ3) is 3.73. The first-order chi connectivity index (χ1) is 10.0. The summed E-state index contributed by atoms with van der Waals surface area (Å²) in [5.41, 5.74) is 3.83. The van der Waals surface area contributed by atoms with Crippen molar-refractivity contribution in [2.24, 2.45) is 0 Å². The van der Waals surface area contributed by atoms with Gasteiger partial charge in [0.1, 0.15) is 5.15 Å². The highest BCUT2D eigenvalue weighted by Crippen LogP contribution is 2.22. The van der Waals surface area contributed by atoms with Crippen molar-refractivity contribution in [1.82, 2.24) is 9.78 Å². The molecule has 110 valence electrons. The SMILES string of the molecule is COC(=O)/C=C/c1c(C)nn(Cc2ccc(C)cc2)c1Cl. The van der Waals surface area contributed by atoms with E-state index in [1.54, 1.807) is 10.8 Å². The average molecular weight is 305 g/mol. The molecule has 0 aliphatic carbocycles. The lowest BCUT2D eigenvalue weighted by Gasteiger charge is -2.04. The molecule has 0 saturated carbocycles. The van der Waals surface area contributed by atoms with Gasteiger partial charge in [-0.05, 0) is 25.5 Å². The second-order valence-electron chi connectivity index (χ2n) is 4.79. The fourth-order valence-electron chi connectivity index (χ4n) is 1.95. The van der Waals surface area contributed by atoms with E-state index < -0.39 is 5.97 Å². The Hall–Kier alpha value is -2.07. The number of esters is 1. The molecule has 0 atom stereocenters. The maximum Gasteiger partial charge on any atom is 0.330 e. The topological polar surface area (TPSA) is 44.1 Å². The Morgan fingerprint density at radius 2 is 2.00 bits per heavy atom. The van der Waals surface area contributed by atoms with Crippen LogP contribution in [0.5, 0.6) is 0 Å². The highest BCUT2D eigenvalue weighted by Gasteiger charge is 2.11. The number of rotatable bonds is 4. The van der Waals surface area contributed by atoms with E-state index in [0.717, 1.165) is 16.8 Å². The number of carbonyl (C=O) groups is 1. The van der Waals surface area contributed by atoms with Crippen LogP contribution >= 0.6 is 11.6 Å². The summed E-state index contributed by atoms with van der Waals surface area (Å²) < 4.78 is 6.29. The smallest absolute Gasteiger partial charge is 0.330 e. The predicted molar refractivity (Wildman–Crippen MR) is 83.3 cm³/mol. The molecule has 0 saturated heterocycles. The number of ether oxygens (including phenoxy) is 1. The summed E-state index contributed by atoms with van der Waals surface area (Å²) in [6.07, 6.45) is 2.97. The van der Waals surface area contributed by atoms with Crippen LogP contribution in [0.1, 0.15) is 22.4 Å². The maximum atomic E-state index is 11.2. The van der Waals surface area contributed by atoms with E-state index in [9.17, 15) is 4.79 Å². The van der Waals surface area contributed by atoms with Crippen molar-refractivity contribution in [3.05, 3.63) is 57.9 Å². The molecule has 0 unspecified atom stereocenters. The van der Waals surface area contributed by atoms with Gasteiger partial charge in [0.15, 0.2) is 0 Å². The quantitative estimate of drug-likeness (QED) is 0.642. The molecule has 2 rings (SSSR count). The summed E-state index contributed by atoms with van der Waals surface area (Å²) >= 11 is 6.33. The largest absolute Gasteiger partial charge is 0.466 e. The molecule has 1 aromatic heterocycles. The second-order valence-corrected chi connectivity index (χ2v) is 5.15. The van der Waals surface area contributed by atoms with Crippen molar-refractivity contribution in [3.63, 3.8) is 0 Å². The number of aryl methyl sites for hydroxylation is 2. The third-order valence-corrected chi connectivity index (χ3v) is 3.55. The predicted octanol–water partition coefficient (Wildman–Crippen LogP) is 3.39. The van der Waals surface area contributed by atoms with Crippen LogP contribution in [0.4, 0.5) is 0 Å². The average Bonchev–Trinajstić information content (AvgIpc) is 2.73. The molecule has 0 radical (unpaired) electrons. The van der Waals surface area contributed by atoms with E-state index in [-0.39, 0.29) is 0 Å². The Morgan fingerprint density at radius 3 is 2.62 bits per heavy atom. The Kier molecular flexibility index (Phi) is 4.81. The summed E-state index contributed by atoms with van der Waals surface area (Å²) in [5, 5.41) is 4.92. The molecule has 0 bridgehead atoms. The van der Waals surface area contributed by atoms with Crippen molar-refractivity contribution in [2.75, 3.05) is 7.11 Å². The van der Waals surface area contributed by atoms with Gasteiger partial charge in [-0.1, -0.05) is 41.4 Å². The van der Waals surface area contributed by atoms with E-state index >= 15 is 0 Å². The molecular formula is C16H17ClN2O2. The molecule has 0 fully saturated rings. The number of aromatic nitrogens is 2. The highest BCUT2D eigenvalue weighted by molar-refractivity contribution is 6.31. The minimum Gasteiger partial charge on any atom is -0.466 e. The lowest BCUT2D eigenvalue weighted by Crippen LogP contribution is -2.02. The molecule has 0 N–H and O–H groups in total. The Balaban J connectivity index is 2.24. The number of methoxy groups -OCH3 is 1. The molecule has 0 aliphatic rings. The van der Waals surface area contributed by atoms with E-state index in [1.807, 2.05) is 26.0 Å². The van der Waals surface area contributed by atoms with Crippen molar-refractivity contribution >= 4 is 23.6 Å². The number of hydrogen-bond donors (Lipinski definition) is 0. The van der Waals surface area contributed by atoms with Crippen LogP contribution in [0.25, 0.3) is 6.08 Å². The monoisotopic (exact) mass is 304 g/mol. The Morgan fingerprint density at radius 1 is 1.33 bits per heavy atom. The lowest BCUT2D eigenvalue weighted by atomic mass is 10.1. The van der Waals surface area contributed by atoms with Crippen LogP contribution in [0.2, 0.25) is 5.15 Å². The summed E-state index contributed by atoms with van der Waals surface area (Å²) in [5.74, 6) is -0.420. The van der Waals surface area contributed by atoms with Gasteiger partial charge in [-0.25, -0.2) is 9.48 Å². The van der Waals surface area contributed by atoms with Gasteiger partial charge in [-0.2, -0.15) is 5.10 Å². The first kappa shape index (κ1) is 15.3. The molecule has 1 aromatic carbocycles. The fraction of sp³-hybridized carbons (Fsp3) is 0.250. The molecule has 4 nitrogen and oxygen atoms in total. The van der Waals surface area contributed by atoms with Gasteiger partial charge in [-0.15, -0.1) is 0 Å². The summed E-state index contributed by atoms with van der Waals surface area (Å²) in [4.78, 5) is 11.2. The second kappa shape index (κ2) is 6.59. The Labute approximate surface area is 129 Å². The molecule has 2 aromatic rings.